The Hall–Kier alpha value is -2.64. The van der Waals surface area contributed by atoms with Crippen LogP contribution in [0.5, 0.6) is 11.5 Å². The van der Waals surface area contributed by atoms with E-state index in [1.165, 1.54) is 33.3 Å². The monoisotopic (exact) mass is 423 g/mol. The molecule has 0 fully saturated rings. The fraction of sp³-hybridized carbons (Fsp3) is 0.263. The molecule has 28 heavy (non-hydrogen) atoms. The van der Waals surface area contributed by atoms with Crippen molar-refractivity contribution in [3.8, 4) is 11.5 Å². The van der Waals surface area contributed by atoms with Crippen LogP contribution in [0, 0.1) is 6.92 Å². The van der Waals surface area contributed by atoms with E-state index in [1.54, 1.807) is 31.2 Å². The number of ketones is 1. The summed E-state index contributed by atoms with van der Waals surface area (Å²) < 4.78 is 11.1. The number of rotatable bonds is 7. The molecular weight excluding hydrogens is 405 g/mol. The molecule has 0 radical (unpaired) electrons. The molecule has 1 unspecified atom stereocenters. The van der Waals surface area contributed by atoms with E-state index in [-0.39, 0.29) is 5.69 Å². The van der Waals surface area contributed by atoms with E-state index in [9.17, 15) is 9.59 Å². The number of carbonyl (C=O) groups excluding carboxylic acids is 2. The van der Waals surface area contributed by atoms with E-state index in [1.807, 2.05) is 0 Å². The molecule has 148 valence electrons. The molecule has 2 rings (SSSR count). The van der Waals surface area contributed by atoms with Crippen LogP contribution in [0.25, 0.3) is 0 Å². The van der Waals surface area contributed by atoms with Gasteiger partial charge in [0.15, 0.2) is 5.78 Å². The van der Waals surface area contributed by atoms with Gasteiger partial charge in [-0.15, -0.1) is 0 Å². The standard InChI is InChI=1S/C19H19Cl2N3O4/c1-11-16(20)6-5-7-17(11)22-23-18(12(2)25)19(26)24(21)13-8-14(27-3)10-15(9-13)28-4/h5-10,18H,1-4H3. The van der Waals surface area contributed by atoms with Crippen LogP contribution in [0.4, 0.5) is 11.4 Å². The summed E-state index contributed by atoms with van der Waals surface area (Å²) in [5.41, 5.74) is 1.40. The smallest absolute Gasteiger partial charge is 0.276 e. The molecule has 0 heterocycles. The number of amides is 1. The maximum Gasteiger partial charge on any atom is 0.276 e. The van der Waals surface area contributed by atoms with Gasteiger partial charge in [0.1, 0.15) is 11.5 Å². The van der Waals surface area contributed by atoms with Crippen LogP contribution in [0.1, 0.15) is 12.5 Å². The second-order valence-corrected chi connectivity index (χ2v) is 6.55. The van der Waals surface area contributed by atoms with Crippen molar-refractivity contribution >= 4 is 46.4 Å². The molecular formula is C19H19Cl2N3O4. The lowest BCUT2D eigenvalue weighted by Gasteiger charge is -2.18. The Morgan fingerprint density at radius 3 is 2.25 bits per heavy atom. The fourth-order valence-electron chi connectivity index (χ4n) is 2.27. The van der Waals surface area contributed by atoms with E-state index in [4.69, 9.17) is 32.9 Å². The van der Waals surface area contributed by atoms with Crippen LogP contribution >= 0.6 is 23.4 Å². The zero-order valence-electron chi connectivity index (χ0n) is 15.8. The van der Waals surface area contributed by atoms with Crippen LogP contribution in [-0.2, 0) is 9.59 Å². The molecule has 0 aliphatic heterocycles. The van der Waals surface area contributed by atoms with Gasteiger partial charge >= 0.3 is 0 Å². The Labute approximate surface area is 173 Å². The minimum Gasteiger partial charge on any atom is -0.497 e. The largest absolute Gasteiger partial charge is 0.497 e. The molecule has 2 aromatic rings. The summed E-state index contributed by atoms with van der Waals surface area (Å²) in [7, 11) is 2.94. The lowest BCUT2D eigenvalue weighted by atomic mass is 10.2. The molecule has 2 aromatic carbocycles. The van der Waals surface area contributed by atoms with E-state index in [0.29, 0.717) is 27.8 Å². The van der Waals surface area contributed by atoms with Crippen LogP contribution in [0.3, 0.4) is 0 Å². The Morgan fingerprint density at radius 1 is 1.11 bits per heavy atom. The van der Waals surface area contributed by atoms with Gasteiger partial charge in [0.05, 0.1) is 25.6 Å². The van der Waals surface area contributed by atoms with Gasteiger partial charge in [0.25, 0.3) is 5.91 Å². The molecule has 0 N–H and O–H groups in total. The van der Waals surface area contributed by atoms with Gasteiger partial charge in [0.2, 0.25) is 6.04 Å². The van der Waals surface area contributed by atoms with Crippen molar-refractivity contribution in [3.05, 3.63) is 47.0 Å². The predicted octanol–water partition coefficient (Wildman–Crippen LogP) is 4.89. The van der Waals surface area contributed by atoms with E-state index >= 15 is 0 Å². The third-order valence-electron chi connectivity index (χ3n) is 3.90. The molecule has 0 aliphatic rings. The summed E-state index contributed by atoms with van der Waals surface area (Å²) in [5, 5.41) is 8.43. The zero-order valence-corrected chi connectivity index (χ0v) is 17.3. The third kappa shape index (κ3) is 4.99. The van der Waals surface area contributed by atoms with Crippen molar-refractivity contribution in [1.29, 1.82) is 0 Å². The van der Waals surface area contributed by atoms with Gasteiger partial charge in [-0.05, 0) is 31.5 Å². The van der Waals surface area contributed by atoms with Gasteiger partial charge in [-0.1, -0.05) is 17.7 Å². The van der Waals surface area contributed by atoms with Crippen molar-refractivity contribution in [1.82, 2.24) is 0 Å². The first-order valence-corrected chi connectivity index (χ1v) is 8.89. The quantitative estimate of drug-likeness (QED) is 0.360. The highest BCUT2D eigenvalue weighted by Gasteiger charge is 2.29. The number of hydrogen-bond acceptors (Lipinski definition) is 6. The van der Waals surface area contributed by atoms with Gasteiger partial charge in [-0.2, -0.15) is 10.2 Å². The number of benzene rings is 2. The Morgan fingerprint density at radius 2 is 1.71 bits per heavy atom. The number of hydrogen-bond donors (Lipinski definition) is 0. The van der Waals surface area contributed by atoms with Crippen molar-refractivity contribution < 1.29 is 19.1 Å². The highest BCUT2D eigenvalue weighted by atomic mass is 35.5. The van der Waals surface area contributed by atoms with Crippen molar-refractivity contribution in [3.63, 3.8) is 0 Å². The number of ether oxygens (including phenoxy) is 2. The Balaban J connectivity index is 2.33. The average Bonchev–Trinajstić information content (AvgIpc) is 2.69. The SMILES string of the molecule is COc1cc(OC)cc(N(Cl)C(=O)C(N=Nc2cccc(Cl)c2C)C(C)=O)c1. The number of methoxy groups -OCH3 is 2. The number of azo groups is 1. The summed E-state index contributed by atoms with van der Waals surface area (Å²) >= 11 is 12.2. The minimum atomic E-state index is -1.41. The Kier molecular flexibility index (Phi) is 7.37. The lowest BCUT2D eigenvalue weighted by Crippen LogP contribution is -2.36. The van der Waals surface area contributed by atoms with Gasteiger partial charge in [-0.3, -0.25) is 9.59 Å². The van der Waals surface area contributed by atoms with E-state index < -0.39 is 17.7 Å². The average molecular weight is 424 g/mol. The highest BCUT2D eigenvalue weighted by Crippen LogP contribution is 2.31. The van der Waals surface area contributed by atoms with E-state index in [0.717, 1.165) is 4.42 Å². The fourth-order valence-corrected chi connectivity index (χ4v) is 2.63. The van der Waals surface area contributed by atoms with E-state index in [2.05, 4.69) is 10.2 Å². The van der Waals surface area contributed by atoms with Crippen LogP contribution in [-0.4, -0.2) is 32.0 Å². The molecule has 0 aromatic heterocycles. The molecule has 0 spiro atoms. The second-order valence-electron chi connectivity index (χ2n) is 5.80. The molecule has 0 aliphatic carbocycles. The van der Waals surface area contributed by atoms with Crippen molar-refractivity contribution in [2.75, 3.05) is 18.6 Å². The molecule has 0 bridgehead atoms. The van der Waals surface area contributed by atoms with Gasteiger partial charge in [0, 0.05) is 35.0 Å². The second kappa shape index (κ2) is 9.52. The van der Waals surface area contributed by atoms with Gasteiger partial charge < -0.3 is 9.47 Å². The van der Waals surface area contributed by atoms with Crippen LogP contribution in [0.2, 0.25) is 5.02 Å². The molecule has 0 saturated carbocycles. The zero-order chi connectivity index (χ0) is 20.8. The number of Topliss-reactive ketones (excluding diaryl/α,β-unsaturated/α-hetero) is 1. The molecule has 1 atom stereocenters. The summed E-state index contributed by atoms with van der Waals surface area (Å²) in [4.78, 5) is 24.8. The van der Waals surface area contributed by atoms with Crippen LogP contribution < -0.4 is 13.9 Å². The first-order chi connectivity index (χ1) is 13.3. The molecule has 1 amide bonds. The molecule has 0 saturated heterocycles. The van der Waals surface area contributed by atoms with Gasteiger partial charge in [-0.25, -0.2) is 4.42 Å². The number of halogens is 2. The number of nitrogens with zero attached hydrogens (tertiary/aromatic N) is 3. The molecule has 9 heteroatoms. The van der Waals surface area contributed by atoms with Crippen molar-refractivity contribution in [2.45, 2.75) is 19.9 Å². The lowest BCUT2D eigenvalue weighted by molar-refractivity contribution is -0.126. The maximum atomic E-state index is 12.8. The van der Waals surface area contributed by atoms with Crippen LogP contribution in [0.15, 0.2) is 46.6 Å². The molecule has 7 nitrogen and oxygen atoms in total. The first-order valence-electron chi connectivity index (χ1n) is 8.17. The maximum absolute atomic E-state index is 12.8. The normalized spacial score (nSPS) is 11.9. The van der Waals surface area contributed by atoms with Crippen molar-refractivity contribution in [2.24, 2.45) is 10.2 Å². The predicted molar refractivity (Wildman–Crippen MR) is 108 cm³/mol. The summed E-state index contributed by atoms with van der Waals surface area (Å²) in [5.74, 6) is -0.395. The highest BCUT2D eigenvalue weighted by molar-refractivity contribution is 6.39. The minimum absolute atomic E-state index is 0.267. The summed E-state index contributed by atoms with van der Waals surface area (Å²) in [6.07, 6.45) is 0. The summed E-state index contributed by atoms with van der Waals surface area (Å²) in [6, 6.07) is 8.37. The first kappa shape index (κ1) is 21.7. The number of carbonyl (C=O) groups is 2. The Bertz CT molecular complexity index is 896. The topological polar surface area (TPSA) is 80.6 Å². The summed E-state index contributed by atoms with van der Waals surface area (Å²) in [6.45, 7) is 3.00. The number of anilines is 1. The third-order valence-corrected chi connectivity index (χ3v) is 4.67.